The van der Waals surface area contributed by atoms with E-state index in [1.54, 1.807) is 0 Å². The van der Waals surface area contributed by atoms with Crippen LogP contribution in [-0.2, 0) is 7.05 Å². The van der Waals surface area contributed by atoms with Gasteiger partial charge in [-0.1, -0.05) is 46.0 Å². The number of nitrogens with one attached hydrogen (secondary N) is 1. The maximum absolute atomic E-state index is 4.25. The lowest BCUT2D eigenvalue weighted by Crippen LogP contribution is -2.23. The Kier molecular flexibility index (Phi) is 6.94. The second-order valence-electron chi connectivity index (χ2n) is 4.69. The summed E-state index contributed by atoms with van der Waals surface area (Å²) in [6.07, 6.45) is 9.83. The molecule has 1 rings (SSSR count). The van der Waals surface area contributed by atoms with Crippen molar-refractivity contribution in [2.75, 3.05) is 6.54 Å². The topological polar surface area (TPSA) is 29.9 Å². The molecule has 0 amide bonds. The molecule has 1 heterocycles. The summed E-state index contributed by atoms with van der Waals surface area (Å²) < 4.78 is 1.99. The number of nitrogens with zero attached hydrogens (tertiary/aromatic N) is 2. The quantitative estimate of drug-likeness (QED) is 0.667. The number of hydrogen-bond acceptors (Lipinski definition) is 2. The summed E-state index contributed by atoms with van der Waals surface area (Å²) in [5.41, 5.74) is 1.31. The second-order valence-corrected chi connectivity index (χ2v) is 4.69. The van der Waals surface area contributed by atoms with Crippen molar-refractivity contribution in [2.45, 2.75) is 58.4 Å². The molecular formula is C14H27N3. The van der Waals surface area contributed by atoms with Crippen molar-refractivity contribution >= 4 is 0 Å². The van der Waals surface area contributed by atoms with Gasteiger partial charge in [-0.25, -0.2) is 0 Å². The molecule has 0 aliphatic heterocycles. The zero-order valence-electron chi connectivity index (χ0n) is 11.6. The van der Waals surface area contributed by atoms with Crippen molar-refractivity contribution in [3.63, 3.8) is 0 Å². The van der Waals surface area contributed by atoms with Gasteiger partial charge in [-0.3, -0.25) is 4.68 Å². The van der Waals surface area contributed by atoms with E-state index in [4.69, 9.17) is 0 Å². The summed E-state index contributed by atoms with van der Waals surface area (Å²) in [4.78, 5) is 0. The Hall–Kier alpha value is -0.830. The molecule has 1 aromatic rings. The number of hydrogen-bond donors (Lipinski definition) is 1. The van der Waals surface area contributed by atoms with Gasteiger partial charge in [0.15, 0.2) is 0 Å². The van der Waals surface area contributed by atoms with Gasteiger partial charge >= 0.3 is 0 Å². The molecule has 3 nitrogen and oxygen atoms in total. The summed E-state index contributed by atoms with van der Waals surface area (Å²) in [7, 11) is 2.02. The molecule has 1 aromatic heterocycles. The predicted octanol–water partition coefficient (Wildman–Crippen LogP) is 3.43. The lowest BCUT2D eigenvalue weighted by Gasteiger charge is -2.18. The number of aromatic nitrogens is 2. The minimum Gasteiger partial charge on any atom is -0.309 e. The van der Waals surface area contributed by atoms with E-state index < -0.39 is 0 Å². The molecule has 1 atom stereocenters. The molecule has 0 fully saturated rings. The first-order valence-electron chi connectivity index (χ1n) is 7.00. The van der Waals surface area contributed by atoms with E-state index in [9.17, 15) is 0 Å². The molecule has 0 saturated carbocycles. The minimum atomic E-state index is 0.467. The number of rotatable bonds is 9. The Balaban J connectivity index is 2.36. The van der Waals surface area contributed by atoms with Crippen LogP contribution in [0.1, 0.15) is 64.1 Å². The van der Waals surface area contributed by atoms with Crippen LogP contribution >= 0.6 is 0 Å². The van der Waals surface area contributed by atoms with Gasteiger partial charge < -0.3 is 5.32 Å². The lowest BCUT2D eigenvalue weighted by atomic mass is 10.0. The fraction of sp³-hybridized carbons (Fsp3) is 0.786. The maximum atomic E-state index is 4.25. The minimum absolute atomic E-state index is 0.467. The van der Waals surface area contributed by atoms with E-state index in [2.05, 4.69) is 30.3 Å². The monoisotopic (exact) mass is 237 g/mol. The molecule has 1 N–H and O–H groups in total. The Morgan fingerprint density at radius 2 is 2.00 bits per heavy atom. The second kappa shape index (κ2) is 8.29. The zero-order chi connectivity index (χ0) is 12.5. The summed E-state index contributed by atoms with van der Waals surface area (Å²) in [6, 6.07) is 2.59. The van der Waals surface area contributed by atoms with Crippen molar-refractivity contribution in [3.05, 3.63) is 18.0 Å². The predicted molar refractivity (Wildman–Crippen MR) is 73.0 cm³/mol. The first kappa shape index (κ1) is 14.2. The van der Waals surface area contributed by atoms with Crippen LogP contribution in [0.5, 0.6) is 0 Å². The maximum Gasteiger partial charge on any atom is 0.0550 e. The molecule has 0 bridgehead atoms. The van der Waals surface area contributed by atoms with E-state index in [0.717, 1.165) is 6.54 Å². The van der Waals surface area contributed by atoms with E-state index in [1.807, 2.05) is 17.9 Å². The molecule has 0 aromatic carbocycles. The lowest BCUT2D eigenvalue weighted by molar-refractivity contribution is 0.453. The number of unbranched alkanes of at least 4 members (excludes halogenated alkanes) is 4. The summed E-state index contributed by atoms with van der Waals surface area (Å²) >= 11 is 0. The van der Waals surface area contributed by atoms with Crippen LogP contribution in [0.25, 0.3) is 0 Å². The first-order valence-corrected chi connectivity index (χ1v) is 7.00. The van der Waals surface area contributed by atoms with Gasteiger partial charge in [0, 0.05) is 19.3 Å². The third-order valence-electron chi connectivity index (χ3n) is 3.26. The third kappa shape index (κ3) is 4.90. The third-order valence-corrected chi connectivity index (χ3v) is 3.26. The SMILES string of the molecule is CCCCCCCC(NCC)c1ccnn1C. The molecular weight excluding hydrogens is 210 g/mol. The largest absolute Gasteiger partial charge is 0.309 e. The van der Waals surface area contributed by atoms with Crippen molar-refractivity contribution in [1.82, 2.24) is 15.1 Å². The van der Waals surface area contributed by atoms with E-state index >= 15 is 0 Å². The van der Waals surface area contributed by atoms with E-state index in [0.29, 0.717) is 6.04 Å². The van der Waals surface area contributed by atoms with Crippen molar-refractivity contribution in [3.8, 4) is 0 Å². The Bertz CT molecular complexity index is 293. The van der Waals surface area contributed by atoms with Crippen LogP contribution in [0.4, 0.5) is 0 Å². The highest BCUT2D eigenvalue weighted by atomic mass is 15.3. The summed E-state index contributed by atoms with van der Waals surface area (Å²) in [5, 5.41) is 7.81. The fourth-order valence-electron chi connectivity index (χ4n) is 2.28. The van der Waals surface area contributed by atoms with Gasteiger partial charge in [-0.2, -0.15) is 5.10 Å². The van der Waals surface area contributed by atoms with Gasteiger partial charge in [0.1, 0.15) is 0 Å². The Labute approximate surface area is 106 Å². The van der Waals surface area contributed by atoms with Crippen LogP contribution in [-0.4, -0.2) is 16.3 Å². The smallest absolute Gasteiger partial charge is 0.0550 e. The molecule has 0 aliphatic carbocycles. The summed E-state index contributed by atoms with van der Waals surface area (Å²) in [6.45, 7) is 5.45. The van der Waals surface area contributed by atoms with Gasteiger partial charge in [-0.15, -0.1) is 0 Å². The van der Waals surface area contributed by atoms with Crippen LogP contribution in [0.2, 0.25) is 0 Å². The van der Waals surface area contributed by atoms with Gasteiger partial charge in [0.25, 0.3) is 0 Å². The van der Waals surface area contributed by atoms with Gasteiger partial charge in [0.05, 0.1) is 5.69 Å². The average Bonchev–Trinajstić information content (AvgIpc) is 2.74. The van der Waals surface area contributed by atoms with E-state index in [-0.39, 0.29) is 0 Å². The first-order chi connectivity index (χ1) is 8.29. The highest BCUT2D eigenvalue weighted by Gasteiger charge is 2.12. The summed E-state index contributed by atoms with van der Waals surface area (Å²) in [5.74, 6) is 0. The van der Waals surface area contributed by atoms with Crippen LogP contribution in [0.15, 0.2) is 12.3 Å². The Morgan fingerprint density at radius 3 is 2.59 bits per heavy atom. The fourth-order valence-corrected chi connectivity index (χ4v) is 2.28. The van der Waals surface area contributed by atoms with Gasteiger partial charge in [-0.05, 0) is 19.0 Å². The molecule has 98 valence electrons. The van der Waals surface area contributed by atoms with Crippen molar-refractivity contribution in [1.29, 1.82) is 0 Å². The molecule has 3 heteroatoms. The molecule has 0 aliphatic rings. The van der Waals surface area contributed by atoms with Gasteiger partial charge in [0.2, 0.25) is 0 Å². The molecule has 1 unspecified atom stereocenters. The van der Waals surface area contributed by atoms with Crippen LogP contribution in [0.3, 0.4) is 0 Å². The highest BCUT2D eigenvalue weighted by molar-refractivity contribution is 5.06. The average molecular weight is 237 g/mol. The molecule has 17 heavy (non-hydrogen) atoms. The Morgan fingerprint density at radius 1 is 1.24 bits per heavy atom. The van der Waals surface area contributed by atoms with Crippen molar-refractivity contribution in [2.24, 2.45) is 7.05 Å². The van der Waals surface area contributed by atoms with Crippen LogP contribution in [0, 0.1) is 0 Å². The van der Waals surface area contributed by atoms with Crippen LogP contribution < -0.4 is 5.32 Å². The molecule has 0 spiro atoms. The molecule has 0 radical (unpaired) electrons. The van der Waals surface area contributed by atoms with Crippen molar-refractivity contribution < 1.29 is 0 Å². The zero-order valence-corrected chi connectivity index (χ0v) is 11.6. The number of aryl methyl sites for hydroxylation is 1. The highest BCUT2D eigenvalue weighted by Crippen LogP contribution is 2.19. The van der Waals surface area contributed by atoms with E-state index in [1.165, 1.54) is 44.2 Å². The standard InChI is InChI=1S/C14H27N3/c1-4-6-7-8-9-10-13(15-5-2)14-11-12-16-17(14)3/h11-13,15H,4-10H2,1-3H3. The normalized spacial score (nSPS) is 12.9. The molecule has 0 saturated heterocycles.